The summed E-state index contributed by atoms with van der Waals surface area (Å²) in [5.41, 5.74) is 2.88. The quantitative estimate of drug-likeness (QED) is 0.397. The fourth-order valence-electron chi connectivity index (χ4n) is 2.65. The van der Waals surface area contributed by atoms with Gasteiger partial charge in [-0.2, -0.15) is 0 Å². The molecular weight excluding hydrogens is 176 g/mol. The van der Waals surface area contributed by atoms with E-state index in [0.29, 0.717) is 24.2 Å². The summed E-state index contributed by atoms with van der Waals surface area (Å²) >= 11 is 0. The normalized spacial score (nSPS) is 36.6. The fourth-order valence-corrected chi connectivity index (χ4v) is 2.65. The van der Waals surface area contributed by atoms with Gasteiger partial charge in [0, 0.05) is 18.4 Å². The van der Waals surface area contributed by atoms with E-state index in [1.165, 1.54) is 12.8 Å². The second-order valence-electron chi connectivity index (χ2n) is 4.18. The van der Waals surface area contributed by atoms with Crippen molar-refractivity contribution in [2.45, 2.75) is 50.9 Å². The lowest BCUT2D eigenvalue weighted by atomic mass is 9.83. The van der Waals surface area contributed by atoms with Crippen molar-refractivity contribution in [2.24, 2.45) is 11.8 Å². The van der Waals surface area contributed by atoms with Crippen LogP contribution in [0.3, 0.4) is 0 Å². The highest BCUT2D eigenvalue weighted by atomic mass is 16.5. The van der Waals surface area contributed by atoms with Gasteiger partial charge in [-0.25, -0.2) is 0 Å². The molecule has 2 rings (SSSR count). The van der Waals surface area contributed by atoms with E-state index in [1.54, 1.807) is 0 Å². The zero-order valence-electron chi connectivity index (χ0n) is 8.62. The Labute approximate surface area is 85.3 Å². The van der Waals surface area contributed by atoms with Gasteiger partial charge in [0.05, 0.1) is 12.2 Å². The minimum Gasteiger partial charge on any atom is -0.375 e. The smallest absolute Gasteiger partial charge is 0.0624 e. The molecule has 14 heavy (non-hydrogen) atoms. The maximum absolute atomic E-state index is 5.80. The molecule has 4 atom stereocenters. The van der Waals surface area contributed by atoms with Gasteiger partial charge in [-0.15, -0.1) is 11.8 Å². The lowest BCUT2D eigenvalue weighted by Crippen LogP contribution is -2.44. The van der Waals surface area contributed by atoms with Crippen molar-refractivity contribution in [3.8, 4) is 11.8 Å². The van der Waals surface area contributed by atoms with Gasteiger partial charge in [-0.1, -0.05) is 0 Å². The van der Waals surface area contributed by atoms with Crippen LogP contribution >= 0.6 is 0 Å². The Hall–Kier alpha value is -0.560. The molecule has 3 heteroatoms. The fraction of sp³-hybridized carbons (Fsp3) is 0.818. The van der Waals surface area contributed by atoms with E-state index in [1.807, 2.05) is 6.92 Å². The highest BCUT2D eigenvalue weighted by molar-refractivity contribution is 5.03. The predicted octanol–water partition coefficient (Wildman–Crippen LogP) is 0.799. The maximum atomic E-state index is 5.80. The van der Waals surface area contributed by atoms with Crippen LogP contribution in [0.2, 0.25) is 0 Å². The van der Waals surface area contributed by atoms with Crippen LogP contribution in [-0.2, 0) is 4.74 Å². The number of nitrogens with one attached hydrogen (secondary N) is 1. The summed E-state index contributed by atoms with van der Waals surface area (Å²) in [5.74, 6) is 12.1. The lowest BCUT2D eigenvalue weighted by molar-refractivity contribution is 0.0861. The van der Waals surface area contributed by atoms with Gasteiger partial charge in [0.1, 0.15) is 0 Å². The number of rotatable bonds is 3. The molecule has 0 aliphatic carbocycles. The average Bonchev–Trinajstić information content (AvgIpc) is 2.80. The Kier molecular flexibility index (Phi) is 3.07. The molecule has 0 saturated carbocycles. The molecule has 0 spiro atoms. The molecule has 0 radical (unpaired) electrons. The SMILES string of the molecule is CC#CCC(NN)C1CC2CCC1O2. The highest BCUT2D eigenvalue weighted by Crippen LogP contribution is 2.40. The van der Waals surface area contributed by atoms with Crippen molar-refractivity contribution < 1.29 is 4.74 Å². The van der Waals surface area contributed by atoms with Crippen LogP contribution in [0, 0.1) is 17.8 Å². The lowest BCUT2D eigenvalue weighted by Gasteiger charge is -2.26. The number of ether oxygens (including phenoxy) is 1. The number of hydrogen-bond acceptors (Lipinski definition) is 3. The molecule has 4 unspecified atom stereocenters. The average molecular weight is 194 g/mol. The summed E-state index contributed by atoms with van der Waals surface area (Å²) in [4.78, 5) is 0. The molecule has 2 aliphatic heterocycles. The van der Waals surface area contributed by atoms with Gasteiger partial charge >= 0.3 is 0 Å². The monoisotopic (exact) mass is 194 g/mol. The molecule has 0 amide bonds. The molecule has 3 nitrogen and oxygen atoms in total. The second-order valence-corrected chi connectivity index (χ2v) is 4.18. The van der Waals surface area contributed by atoms with E-state index < -0.39 is 0 Å². The largest absolute Gasteiger partial charge is 0.375 e. The van der Waals surface area contributed by atoms with Crippen LogP contribution in [0.5, 0.6) is 0 Å². The van der Waals surface area contributed by atoms with E-state index in [9.17, 15) is 0 Å². The van der Waals surface area contributed by atoms with Gasteiger partial charge < -0.3 is 4.74 Å². The Balaban J connectivity index is 1.94. The van der Waals surface area contributed by atoms with Crippen molar-refractivity contribution in [3.05, 3.63) is 0 Å². The van der Waals surface area contributed by atoms with Crippen LogP contribution in [0.4, 0.5) is 0 Å². The molecule has 0 aromatic carbocycles. The Morgan fingerprint density at radius 3 is 2.93 bits per heavy atom. The van der Waals surface area contributed by atoms with Crippen molar-refractivity contribution in [1.82, 2.24) is 5.43 Å². The zero-order valence-corrected chi connectivity index (χ0v) is 8.62. The molecule has 2 heterocycles. The third kappa shape index (κ3) is 1.78. The van der Waals surface area contributed by atoms with Crippen molar-refractivity contribution in [1.29, 1.82) is 0 Å². The number of nitrogens with two attached hydrogens (primary N) is 1. The summed E-state index contributed by atoms with van der Waals surface area (Å²) in [6, 6.07) is 0.303. The Bertz CT molecular complexity index is 256. The molecule has 2 fully saturated rings. The zero-order chi connectivity index (χ0) is 9.97. The Morgan fingerprint density at radius 1 is 1.57 bits per heavy atom. The van der Waals surface area contributed by atoms with Crippen LogP contribution in [0.15, 0.2) is 0 Å². The van der Waals surface area contributed by atoms with Crippen LogP contribution in [-0.4, -0.2) is 18.2 Å². The summed E-state index contributed by atoms with van der Waals surface area (Å²) in [6.45, 7) is 1.87. The molecule has 0 aromatic heterocycles. The number of hydrazine groups is 1. The first-order chi connectivity index (χ1) is 6.85. The molecule has 2 bridgehead atoms. The topological polar surface area (TPSA) is 47.3 Å². The summed E-state index contributed by atoms with van der Waals surface area (Å²) in [6.07, 6.45) is 5.36. The van der Waals surface area contributed by atoms with Crippen LogP contribution < -0.4 is 11.3 Å². The van der Waals surface area contributed by atoms with E-state index in [-0.39, 0.29) is 0 Å². The summed E-state index contributed by atoms with van der Waals surface area (Å²) < 4.78 is 5.80. The van der Waals surface area contributed by atoms with Gasteiger partial charge in [-0.3, -0.25) is 11.3 Å². The first-order valence-electron chi connectivity index (χ1n) is 5.36. The first kappa shape index (κ1) is 9.97. The maximum Gasteiger partial charge on any atom is 0.0624 e. The second kappa shape index (κ2) is 4.31. The van der Waals surface area contributed by atoms with Crippen molar-refractivity contribution in [3.63, 3.8) is 0 Å². The van der Waals surface area contributed by atoms with Gasteiger partial charge in [-0.05, 0) is 26.2 Å². The van der Waals surface area contributed by atoms with Gasteiger partial charge in [0.15, 0.2) is 0 Å². The third-order valence-corrected chi connectivity index (χ3v) is 3.38. The predicted molar refractivity (Wildman–Crippen MR) is 55.2 cm³/mol. The minimum absolute atomic E-state index is 0.303. The highest BCUT2D eigenvalue weighted by Gasteiger charge is 2.43. The van der Waals surface area contributed by atoms with E-state index >= 15 is 0 Å². The Morgan fingerprint density at radius 2 is 2.43 bits per heavy atom. The standard InChI is InChI=1S/C11H18N2O/c1-2-3-4-10(13-12)9-7-8-5-6-11(9)14-8/h8-11,13H,4-7,12H2,1H3. The molecule has 3 N–H and O–H groups in total. The number of fused-ring (bicyclic) bond motifs is 2. The van der Waals surface area contributed by atoms with Crippen LogP contribution in [0.25, 0.3) is 0 Å². The first-order valence-corrected chi connectivity index (χ1v) is 5.36. The van der Waals surface area contributed by atoms with Crippen LogP contribution in [0.1, 0.15) is 32.6 Å². The van der Waals surface area contributed by atoms with Gasteiger partial charge in [0.2, 0.25) is 0 Å². The number of hydrogen-bond donors (Lipinski definition) is 2. The van der Waals surface area contributed by atoms with Crippen molar-refractivity contribution >= 4 is 0 Å². The summed E-state index contributed by atoms with van der Waals surface area (Å²) in [5, 5.41) is 0. The third-order valence-electron chi connectivity index (χ3n) is 3.38. The minimum atomic E-state index is 0.303. The molecule has 2 saturated heterocycles. The molecule has 0 aromatic rings. The van der Waals surface area contributed by atoms with Gasteiger partial charge in [0.25, 0.3) is 0 Å². The van der Waals surface area contributed by atoms with Crippen molar-refractivity contribution in [2.75, 3.05) is 0 Å². The molecule has 2 aliphatic rings. The van der Waals surface area contributed by atoms with E-state index in [2.05, 4.69) is 17.3 Å². The van der Waals surface area contributed by atoms with E-state index in [0.717, 1.165) is 12.8 Å². The molecular formula is C11H18N2O. The summed E-state index contributed by atoms with van der Waals surface area (Å²) in [7, 11) is 0. The molecule has 78 valence electrons. The van der Waals surface area contributed by atoms with E-state index in [4.69, 9.17) is 10.6 Å².